The molecule has 0 radical (unpaired) electrons. The van der Waals surface area contributed by atoms with Gasteiger partial charge in [-0.2, -0.15) is 0 Å². The van der Waals surface area contributed by atoms with Gasteiger partial charge in [0.1, 0.15) is 0 Å². The Bertz CT molecular complexity index is 607. The molecule has 0 aliphatic rings. The zero-order valence-corrected chi connectivity index (χ0v) is 12.5. The molecule has 1 aromatic carbocycles. The summed E-state index contributed by atoms with van der Waals surface area (Å²) in [5, 5.41) is 2.81. The van der Waals surface area contributed by atoms with E-state index < -0.39 is 0 Å². The van der Waals surface area contributed by atoms with Gasteiger partial charge in [0.05, 0.1) is 9.75 Å². The first-order chi connectivity index (χ1) is 8.56. The summed E-state index contributed by atoms with van der Waals surface area (Å²) in [7, 11) is 0. The molecular formula is C13H10INO2S. The number of hydrogen-bond donors (Lipinski definition) is 1. The summed E-state index contributed by atoms with van der Waals surface area (Å²) in [5.74, 6) is -0.206. The average Bonchev–Trinajstić information content (AvgIpc) is 2.78. The van der Waals surface area contributed by atoms with Gasteiger partial charge in [-0.3, -0.25) is 9.59 Å². The van der Waals surface area contributed by atoms with Crippen molar-refractivity contribution >= 4 is 51.3 Å². The molecule has 92 valence electrons. The van der Waals surface area contributed by atoms with Crippen LogP contribution in [-0.2, 0) is 0 Å². The van der Waals surface area contributed by atoms with E-state index in [4.69, 9.17) is 0 Å². The number of Topliss-reactive ketones (excluding diaryl/α,β-unsaturated/α-hetero) is 1. The van der Waals surface area contributed by atoms with Crippen molar-refractivity contribution in [2.24, 2.45) is 0 Å². The Labute approximate surface area is 122 Å². The van der Waals surface area contributed by atoms with Gasteiger partial charge in [0.15, 0.2) is 5.78 Å². The Hall–Kier alpha value is -1.21. The van der Waals surface area contributed by atoms with E-state index in [9.17, 15) is 9.59 Å². The zero-order valence-electron chi connectivity index (χ0n) is 9.57. The number of nitrogens with one attached hydrogen (secondary N) is 1. The Morgan fingerprint density at radius 1 is 1.17 bits per heavy atom. The van der Waals surface area contributed by atoms with Crippen molar-refractivity contribution in [2.75, 3.05) is 5.32 Å². The van der Waals surface area contributed by atoms with E-state index in [1.54, 1.807) is 12.1 Å². The van der Waals surface area contributed by atoms with Crippen molar-refractivity contribution in [2.45, 2.75) is 6.92 Å². The summed E-state index contributed by atoms with van der Waals surface area (Å²) in [6.07, 6.45) is 0. The van der Waals surface area contributed by atoms with Gasteiger partial charge in [-0.15, -0.1) is 11.3 Å². The highest BCUT2D eigenvalue weighted by Gasteiger charge is 2.11. The summed E-state index contributed by atoms with van der Waals surface area (Å²) in [5.41, 5.74) is 0.754. The molecule has 1 heterocycles. The first kappa shape index (κ1) is 13.2. The van der Waals surface area contributed by atoms with Crippen LogP contribution in [0.4, 0.5) is 5.69 Å². The number of anilines is 1. The van der Waals surface area contributed by atoms with E-state index in [1.165, 1.54) is 18.3 Å². The largest absolute Gasteiger partial charge is 0.321 e. The third-order valence-corrected chi connectivity index (χ3v) is 4.12. The van der Waals surface area contributed by atoms with Crippen LogP contribution < -0.4 is 5.32 Å². The first-order valence-electron chi connectivity index (χ1n) is 5.24. The van der Waals surface area contributed by atoms with E-state index in [1.807, 2.05) is 24.3 Å². The Morgan fingerprint density at radius 2 is 1.89 bits per heavy atom. The molecule has 1 N–H and O–H groups in total. The zero-order chi connectivity index (χ0) is 13.1. The molecule has 0 aliphatic heterocycles. The maximum absolute atomic E-state index is 11.9. The minimum Gasteiger partial charge on any atom is -0.321 e. The molecular weight excluding hydrogens is 361 g/mol. The van der Waals surface area contributed by atoms with Crippen molar-refractivity contribution in [3.8, 4) is 0 Å². The van der Waals surface area contributed by atoms with Crippen molar-refractivity contribution < 1.29 is 9.59 Å². The monoisotopic (exact) mass is 371 g/mol. The quantitative estimate of drug-likeness (QED) is 0.659. The van der Waals surface area contributed by atoms with Crippen LogP contribution in [-0.4, -0.2) is 11.7 Å². The lowest BCUT2D eigenvalue weighted by Crippen LogP contribution is -2.10. The van der Waals surface area contributed by atoms with Gasteiger partial charge in [0, 0.05) is 9.26 Å². The number of rotatable bonds is 3. The van der Waals surface area contributed by atoms with Gasteiger partial charge >= 0.3 is 0 Å². The second kappa shape index (κ2) is 5.62. The second-order valence-corrected chi connectivity index (χ2v) is 6.01. The number of halogens is 1. The highest BCUT2D eigenvalue weighted by molar-refractivity contribution is 14.1. The minimum absolute atomic E-state index is 0.0201. The fourth-order valence-corrected chi connectivity index (χ4v) is 2.75. The van der Waals surface area contributed by atoms with Crippen LogP contribution in [0.25, 0.3) is 0 Å². The smallest absolute Gasteiger partial charge is 0.265 e. The first-order valence-corrected chi connectivity index (χ1v) is 7.13. The fraction of sp³-hybridized carbons (Fsp3) is 0.0769. The molecule has 2 aromatic rings. The van der Waals surface area contributed by atoms with E-state index in [0.29, 0.717) is 9.75 Å². The van der Waals surface area contributed by atoms with Crippen LogP contribution >= 0.6 is 33.9 Å². The second-order valence-electron chi connectivity index (χ2n) is 3.68. The topological polar surface area (TPSA) is 46.2 Å². The number of thiophene rings is 1. The van der Waals surface area contributed by atoms with Crippen LogP contribution in [0.2, 0.25) is 0 Å². The van der Waals surface area contributed by atoms with Crippen LogP contribution in [0.3, 0.4) is 0 Å². The van der Waals surface area contributed by atoms with Crippen LogP contribution in [0.5, 0.6) is 0 Å². The van der Waals surface area contributed by atoms with Crippen molar-refractivity contribution in [3.05, 3.63) is 49.7 Å². The predicted octanol–water partition coefficient (Wildman–Crippen LogP) is 3.81. The number of amides is 1. The Kier molecular flexibility index (Phi) is 4.13. The highest BCUT2D eigenvalue weighted by atomic mass is 127. The number of carbonyl (C=O) groups is 2. The molecule has 3 nitrogen and oxygen atoms in total. The minimum atomic E-state index is -0.186. The summed E-state index contributed by atoms with van der Waals surface area (Å²) in [4.78, 5) is 24.2. The normalized spacial score (nSPS) is 10.1. The molecule has 0 atom stereocenters. The van der Waals surface area contributed by atoms with Crippen LogP contribution in [0.1, 0.15) is 26.3 Å². The molecule has 18 heavy (non-hydrogen) atoms. The number of benzene rings is 1. The number of ketones is 1. The molecule has 0 aliphatic carbocycles. The van der Waals surface area contributed by atoms with Gasteiger partial charge in [-0.1, -0.05) is 6.07 Å². The molecule has 0 fully saturated rings. The molecule has 5 heteroatoms. The fourth-order valence-electron chi connectivity index (χ4n) is 1.41. The van der Waals surface area contributed by atoms with E-state index in [2.05, 4.69) is 27.9 Å². The Morgan fingerprint density at radius 3 is 2.50 bits per heavy atom. The number of hydrogen-bond acceptors (Lipinski definition) is 3. The van der Waals surface area contributed by atoms with Crippen molar-refractivity contribution in [3.63, 3.8) is 0 Å². The standard InChI is InChI=1S/C13H10INO2S/c1-8(16)11-5-6-12(18-11)13(17)15-10-4-2-3-9(14)7-10/h2-7H,1H3,(H,15,17). The molecule has 0 unspecified atom stereocenters. The highest BCUT2D eigenvalue weighted by Crippen LogP contribution is 2.19. The van der Waals surface area contributed by atoms with Gasteiger partial charge in [0.25, 0.3) is 5.91 Å². The number of carbonyl (C=O) groups excluding carboxylic acids is 2. The molecule has 0 saturated heterocycles. The maximum atomic E-state index is 11.9. The maximum Gasteiger partial charge on any atom is 0.265 e. The molecule has 1 aromatic heterocycles. The van der Waals surface area contributed by atoms with E-state index in [0.717, 1.165) is 9.26 Å². The third kappa shape index (κ3) is 3.17. The summed E-state index contributed by atoms with van der Waals surface area (Å²) in [6, 6.07) is 10.9. The SMILES string of the molecule is CC(=O)c1ccc(C(=O)Nc2cccc(I)c2)s1. The van der Waals surface area contributed by atoms with E-state index in [-0.39, 0.29) is 11.7 Å². The lowest BCUT2D eigenvalue weighted by atomic mass is 10.3. The average molecular weight is 371 g/mol. The van der Waals surface area contributed by atoms with Crippen LogP contribution in [0, 0.1) is 3.57 Å². The lowest BCUT2D eigenvalue weighted by molar-refractivity contribution is 0.101. The predicted molar refractivity (Wildman–Crippen MR) is 81.4 cm³/mol. The van der Waals surface area contributed by atoms with Crippen molar-refractivity contribution in [1.82, 2.24) is 0 Å². The summed E-state index contributed by atoms with van der Waals surface area (Å²) < 4.78 is 1.06. The lowest BCUT2D eigenvalue weighted by Gasteiger charge is -2.03. The van der Waals surface area contributed by atoms with Gasteiger partial charge < -0.3 is 5.32 Å². The molecule has 0 saturated carbocycles. The van der Waals surface area contributed by atoms with Gasteiger partial charge in [-0.05, 0) is 59.8 Å². The Balaban J connectivity index is 2.14. The molecule has 0 spiro atoms. The van der Waals surface area contributed by atoms with Crippen LogP contribution in [0.15, 0.2) is 36.4 Å². The molecule has 1 amide bonds. The van der Waals surface area contributed by atoms with Gasteiger partial charge in [-0.25, -0.2) is 0 Å². The van der Waals surface area contributed by atoms with Gasteiger partial charge in [0.2, 0.25) is 0 Å². The van der Waals surface area contributed by atoms with E-state index >= 15 is 0 Å². The third-order valence-electron chi connectivity index (χ3n) is 2.26. The van der Waals surface area contributed by atoms with Crippen molar-refractivity contribution in [1.29, 1.82) is 0 Å². The summed E-state index contributed by atoms with van der Waals surface area (Å²) >= 11 is 3.40. The molecule has 0 bridgehead atoms. The summed E-state index contributed by atoms with van der Waals surface area (Å²) in [6.45, 7) is 1.49. The molecule has 2 rings (SSSR count).